The summed E-state index contributed by atoms with van der Waals surface area (Å²) in [6.45, 7) is 2.49. The van der Waals surface area contributed by atoms with Crippen molar-refractivity contribution >= 4 is 33.4 Å². The Morgan fingerprint density at radius 2 is 1.91 bits per heavy atom. The minimum Gasteiger partial charge on any atom is -0.495 e. The fourth-order valence-corrected chi connectivity index (χ4v) is 5.25. The summed E-state index contributed by atoms with van der Waals surface area (Å²) < 4.78 is 32.9. The van der Waals surface area contributed by atoms with Crippen molar-refractivity contribution in [3.8, 4) is 5.75 Å². The van der Waals surface area contributed by atoms with Crippen LogP contribution >= 0.6 is 0 Å². The van der Waals surface area contributed by atoms with Crippen LogP contribution in [0.5, 0.6) is 5.75 Å². The van der Waals surface area contributed by atoms with E-state index >= 15 is 0 Å². The van der Waals surface area contributed by atoms with Gasteiger partial charge in [0.1, 0.15) is 10.6 Å². The Bertz CT molecular complexity index is 1150. The second kappa shape index (κ2) is 9.92. The van der Waals surface area contributed by atoms with Gasteiger partial charge in [-0.3, -0.25) is 14.9 Å². The zero-order valence-corrected chi connectivity index (χ0v) is 18.7. The number of hydrogen-bond donors (Lipinski definition) is 1. The number of ether oxygens (including phenoxy) is 1. The number of nitrogens with zero attached hydrogens (tertiary/aromatic N) is 2. The lowest BCUT2D eigenvalue weighted by atomic mass is 10.1. The van der Waals surface area contributed by atoms with Crippen LogP contribution in [0.25, 0.3) is 6.08 Å². The lowest BCUT2D eigenvalue weighted by molar-refractivity contribution is -0.385. The Morgan fingerprint density at radius 1 is 1.19 bits per heavy atom. The van der Waals surface area contributed by atoms with Gasteiger partial charge in [-0.2, -0.15) is 4.31 Å². The molecular formula is C22H25N3O6S. The van der Waals surface area contributed by atoms with Crippen molar-refractivity contribution in [2.24, 2.45) is 0 Å². The highest BCUT2D eigenvalue weighted by molar-refractivity contribution is 7.89. The molecule has 1 aliphatic rings. The van der Waals surface area contributed by atoms with Crippen molar-refractivity contribution in [1.82, 2.24) is 4.31 Å². The number of nitro groups is 1. The zero-order valence-electron chi connectivity index (χ0n) is 17.9. The fourth-order valence-electron chi connectivity index (χ4n) is 3.55. The first kappa shape index (κ1) is 23.4. The summed E-state index contributed by atoms with van der Waals surface area (Å²) in [5, 5.41) is 13.7. The van der Waals surface area contributed by atoms with Gasteiger partial charge in [-0.25, -0.2) is 8.42 Å². The van der Waals surface area contributed by atoms with Crippen LogP contribution in [0, 0.1) is 17.0 Å². The Balaban J connectivity index is 1.82. The van der Waals surface area contributed by atoms with E-state index in [4.69, 9.17) is 4.74 Å². The second-order valence-corrected chi connectivity index (χ2v) is 9.31. The number of sulfonamides is 1. The normalized spacial score (nSPS) is 14.9. The number of hydrogen-bond acceptors (Lipinski definition) is 6. The van der Waals surface area contributed by atoms with E-state index in [1.165, 1.54) is 41.8 Å². The van der Waals surface area contributed by atoms with E-state index in [-0.39, 0.29) is 16.3 Å². The molecule has 0 aromatic heterocycles. The number of carbonyl (C=O) groups is 1. The molecule has 10 heteroatoms. The first-order valence-electron chi connectivity index (χ1n) is 10.2. The van der Waals surface area contributed by atoms with Crippen LogP contribution in [0.2, 0.25) is 0 Å². The first-order chi connectivity index (χ1) is 15.2. The van der Waals surface area contributed by atoms with E-state index in [0.717, 1.165) is 19.3 Å². The van der Waals surface area contributed by atoms with E-state index in [1.54, 1.807) is 25.1 Å². The monoisotopic (exact) mass is 459 g/mol. The smallest absolute Gasteiger partial charge is 0.274 e. The molecule has 1 amide bonds. The molecule has 0 radical (unpaired) electrons. The van der Waals surface area contributed by atoms with Gasteiger partial charge in [-0.1, -0.05) is 18.6 Å². The third-order valence-corrected chi connectivity index (χ3v) is 7.23. The van der Waals surface area contributed by atoms with Gasteiger partial charge >= 0.3 is 0 Å². The van der Waals surface area contributed by atoms with Crippen LogP contribution in [-0.4, -0.2) is 43.8 Å². The van der Waals surface area contributed by atoms with Gasteiger partial charge in [0, 0.05) is 25.2 Å². The maximum Gasteiger partial charge on any atom is 0.274 e. The van der Waals surface area contributed by atoms with Gasteiger partial charge in [-0.05, 0) is 49.6 Å². The highest BCUT2D eigenvalue weighted by Gasteiger charge is 2.29. The average Bonchev–Trinajstić information content (AvgIpc) is 2.79. The van der Waals surface area contributed by atoms with Crippen molar-refractivity contribution in [1.29, 1.82) is 0 Å². The molecule has 1 aliphatic heterocycles. The van der Waals surface area contributed by atoms with Gasteiger partial charge in [0.2, 0.25) is 15.9 Å². The standard InChI is InChI=1S/C22H25N3O6S/c1-16-18(7-6-8-19(16)25(27)28)23-22(26)12-10-17-9-11-20(31-2)21(15-17)32(29,30)24-13-4-3-5-14-24/h6-12,15H,3-5,13-14H2,1-2H3,(H,23,26)/b12-10+. The predicted octanol–water partition coefficient (Wildman–Crippen LogP) is 3.74. The average molecular weight is 460 g/mol. The number of amides is 1. The predicted molar refractivity (Wildman–Crippen MR) is 121 cm³/mol. The summed E-state index contributed by atoms with van der Waals surface area (Å²) in [6, 6.07) is 9.11. The number of benzene rings is 2. The summed E-state index contributed by atoms with van der Waals surface area (Å²) in [7, 11) is -2.31. The van der Waals surface area contributed by atoms with Crippen molar-refractivity contribution < 1.29 is 22.9 Å². The number of rotatable bonds is 7. The number of methoxy groups -OCH3 is 1. The van der Waals surface area contributed by atoms with Crippen molar-refractivity contribution in [2.45, 2.75) is 31.1 Å². The highest BCUT2D eigenvalue weighted by Crippen LogP contribution is 2.30. The third-order valence-electron chi connectivity index (χ3n) is 5.31. The molecule has 1 fully saturated rings. The van der Waals surface area contributed by atoms with Gasteiger partial charge in [0.05, 0.1) is 23.3 Å². The quantitative estimate of drug-likeness (QED) is 0.383. The molecule has 0 aliphatic carbocycles. The van der Waals surface area contributed by atoms with Crippen molar-refractivity contribution in [3.05, 3.63) is 63.7 Å². The van der Waals surface area contributed by atoms with Crippen LogP contribution in [0.1, 0.15) is 30.4 Å². The summed E-state index contributed by atoms with van der Waals surface area (Å²) in [6.07, 6.45) is 5.37. The van der Waals surface area contributed by atoms with Crippen LogP contribution in [0.3, 0.4) is 0 Å². The molecule has 0 spiro atoms. The number of anilines is 1. The molecule has 0 bridgehead atoms. The van der Waals surface area contributed by atoms with Crippen LogP contribution in [0.15, 0.2) is 47.4 Å². The summed E-state index contributed by atoms with van der Waals surface area (Å²) in [5.74, 6) is -0.255. The van der Waals surface area contributed by atoms with Gasteiger partial charge in [0.25, 0.3) is 5.69 Å². The number of carbonyl (C=O) groups excluding carboxylic acids is 1. The van der Waals surface area contributed by atoms with E-state index in [0.29, 0.717) is 29.9 Å². The van der Waals surface area contributed by atoms with E-state index in [2.05, 4.69) is 5.32 Å². The van der Waals surface area contributed by atoms with Crippen LogP contribution < -0.4 is 10.1 Å². The fraction of sp³-hybridized carbons (Fsp3) is 0.318. The molecular weight excluding hydrogens is 434 g/mol. The Morgan fingerprint density at radius 3 is 2.56 bits per heavy atom. The molecule has 0 saturated carbocycles. The number of piperidine rings is 1. The summed E-state index contributed by atoms with van der Waals surface area (Å²) >= 11 is 0. The maximum atomic E-state index is 13.1. The SMILES string of the molecule is COc1ccc(/C=C/C(=O)Nc2cccc([N+](=O)[O-])c2C)cc1S(=O)(=O)N1CCCCC1. The molecule has 9 nitrogen and oxygen atoms in total. The Labute approximate surface area is 186 Å². The third kappa shape index (κ3) is 5.14. The van der Waals surface area contributed by atoms with E-state index < -0.39 is 20.9 Å². The minimum atomic E-state index is -3.72. The summed E-state index contributed by atoms with van der Waals surface area (Å²) in [5.41, 5.74) is 1.09. The largest absolute Gasteiger partial charge is 0.495 e. The van der Waals surface area contributed by atoms with Gasteiger partial charge in [-0.15, -0.1) is 0 Å². The first-order valence-corrected chi connectivity index (χ1v) is 11.6. The van der Waals surface area contributed by atoms with E-state index in [1.807, 2.05) is 0 Å². The van der Waals surface area contributed by atoms with Crippen LogP contribution in [-0.2, 0) is 14.8 Å². The molecule has 1 N–H and O–H groups in total. The summed E-state index contributed by atoms with van der Waals surface area (Å²) in [4.78, 5) is 23.0. The Hall–Kier alpha value is -3.24. The topological polar surface area (TPSA) is 119 Å². The maximum absolute atomic E-state index is 13.1. The number of nitrogens with one attached hydrogen (secondary N) is 1. The molecule has 170 valence electrons. The van der Waals surface area contributed by atoms with Crippen molar-refractivity contribution in [3.63, 3.8) is 0 Å². The van der Waals surface area contributed by atoms with Gasteiger partial charge in [0.15, 0.2) is 0 Å². The number of nitro benzene ring substituents is 1. The highest BCUT2D eigenvalue weighted by atomic mass is 32.2. The molecule has 2 aromatic rings. The molecule has 2 aromatic carbocycles. The molecule has 1 heterocycles. The van der Waals surface area contributed by atoms with Gasteiger partial charge < -0.3 is 10.1 Å². The van der Waals surface area contributed by atoms with Crippen molar-refractivity contribution in [2.75, 3.05) is 25.5 Å². The van der Waals surface area contributed by atoms with E-state index in [9.17, 15) is 23.3 Å². The molecule has 3 rings (SSSR count). The second-order valence-electron chi connectivity index (χ2n) is 7.40. The Kier molecular flexibility index (Phi) is 7.26. The lowest BCUT2D eigenvalue weighted by Gasteiger charge is -2.26. The zero-order chi connectivity index (χ0) is 23.3. The molecule has 32 heavy (non-hydrogen) atoms. The lowest BCUT2D eigenvalue weighted by Crippen LogP contribution is -2.35. The minimum absolute atomic E-state index is 0.0546. The van der Waals surface area contributed by atoms with Crippen LogP contribution in [0.4, 0.5) is 11.4 Å². The molecule has 0 unspecified atom stereocenters. The molecule has 0 atom stereocenters. The molecule has 1 saturated heterocycles.